The topological polar surface area (TPSA) is 88.6 Å². The Morgan fingerprint density at radius 2 is 2.03 bits per heavy atom. The van der Waals surface area contributed by atoms with Gasteiger partial charge in [0.25, 0.3) is 5.91 Å². The number of methoxy groups -OCH3 is 1. The molecule has 0 bridgehead atoms. The van der Waals surface area contributed by atoms with Crippen LogP contribution in [-0.2, 0) is 12.0 Å². The van der Waals surface area contributed by atoms with Gasteiger partial charge in [-0.3, -0.25) is 9.89 Å². The van der Waals surface area contributed by atoms with E-state index in [0.29, 0.717) is 33.2 Å². The van der Waals surface area contributed by atoms with E-state index in [-0.39, 0.29) is 11.1 Å². The summed E-state index contributed by atoms with van der Waals surface area (Å²) in [5.41, 5.74) is 5.06. The SMILES string of the molecule is COc1cc(/C=N\NC(=O)c2cc(C(C)(C)C)[nH]n2)cc(Br)c1OCc1ccccc1Cl. The number of carbonyl (C=O) groups excluding carboxylic acids is 1. The number of rotatable bonds is 7. The highest BCUT2D eigenvalue weighted by Crippen LogP contribution is 2.37. The number of halogens is 2. The maximum atomic E-state index is 12.3. The molecule has 0 unspecified atom stereocenters. The number of H-pyrrole nitrogens is 1. The lowest BCUT2D eigenvalue weighted by molar-refractivity contribution is 0.0950. The van der Waals surface area contributed by atoms with E-state index in [4.69, 9.17) is 21.1 Å². The summed E-state index contributed by atoms with van der Waals surface area (Å²) in [6.45, 7) is 6.40. The summed E-state index contributed by atoms with van der Waals surface area (Å²) in [6.07, 6.45) is 1.51. The Morgan fingerprint density at radius 3 is 2.69 bits per heavy atom. The zero-order valence-corrected chi connectivity index (χ0v) is 20.5. The number of ether oxygens (including phenoxy) is 2. The number of aromatic nitrogens is 2. The van der Waals surface area contributed by atoms with Crippen molar-refractivity contribution in [1.82, 2.24) is 15.6 Å². The Bertz CT molecular complexity index is 1140. The average Bonchev–Trinajstić information content (AvgIpc) is 3.25. The summed E-state index contributed by atoms with van der Waals surface area (Å²) in [7, 11) is 1.55. The minimum atomic E-state index is -0.404. The minimum Gasteiger partial charge on any atom is -0.493 e. The van der Waals surface area contributed by atoms with Gasteiger partial charge < -0.3 is 9.47 Å². The second kappa shape index (κ2) is 10.2. The van der Waals surface area contributed by atoms with E-state index in [1.165, 1.54) is 6.21 Å². The number of nitrogens with zero attached hydrogens (tertiary/aromatic N) is 2. The molecule has 1 aromatic heterocycles. The van der Waals surface area contributed by atoms with Crippen molar-refractivity contribution in [2.75, 3.05) is 7.11 Å². The minimum absolute atomic E-state index is 0.132. The smallest absolute Gasteiger partial charge is 0.291 e. The Morgan fingerprint density at radius 1 is 1.28 bits per heavy atom. The van der Waals surface area contributed by atoms with Crippen LogP contribution in [0.4, 0.5) is 0 Å². The fourth-order valence-electron chi connectivity index (χ4n) is 2.76. The second-order valence-electron chi connectivity index (χ2n) is 8.03. The van der Waals surface area contributed by atoms with E-state index in [9.17, 15) is 4.79 Å². The van der Waals surface area contributed by atoms with Crippen molar-refractivity contribution in [3.8, 4) is 11.5 Å². The fourth-order valence-corrected chi connectivity index (χ4v) is 3.53. The van der Waals surface area contributed by atoms with E-state index < -0.39 is 5.91 Å². The van der Waals surface area contributed by atoms with E-state index in [0.717, 1.165) is 11.3 Å². The molecule has 0 radical (unpaired) electrons. The molecule has 0 aliphatic rings. The van der Waals surface area contributed by atoms with E-state index in [2.05, 4.69) is 36.7 Å². The summed E-state index contributed by atoms with van der Waals surface area (Å²) in [5.74, 6) is 0.653. The van der Waals surface area contributed by atoms with Gasteiger partial charge in [0, 0.05) is 21.7 Å². The molecule has 0 spiro atoms. The van der Waals surface area contributed by atoms with Crippen LogP contribution in [-0.4, -0.2) is 29.4 Å². The number of aromatic amines is 1. The molecule has 3 aromatic rings. The van der Waals surface area contributed by atoms with Crippen LogP contribution < -0.4 is 14.9 Å². The molecule has 2 aromatic carbocycles. The molecule has 0 aliphatic heterocycles. The lowest BCUT2D eigenvalue weighted by atomic mass is 9.92. The third-order valence-corrected chi connectivity index (χ3v) is 5.54. The average molecular weight is 520 g/mol. The first kappa shape index (κ1) is 23.8. The van der Waals surface area contributed by atoms with Crippen molar-refractivity contribution >= 4 is 39.7 Å². The number of hydrazone groups is 1. The van der Waals surface area contributed by atoms with Crippen LogP contribution in [0, 0.1) is 0 Å². The molecule has 9 heteroatoms. The number of amides is 1. The van der Waals surface area contributed by atoms with Gasteiger partial charge >= 0.3 is 0 Å². The lowest BCUT2D eigenvalue weighted by Gasteiger charge is -2.14. The van der Waals surface area contributed by atoms with Crippen LogP contribution >= 0.6 is 27.5 Å². The summed E-state index contributed by atoms with van der Waals surface area (Å²) < 4.78 is 12.1. The Hall–Kier alpha value is -2.84. The van der Waals surface area contributed by atoms with Crippen LogP contribution in [0.5, 0.6) is 11.5 Å². The number of carbonyl (C=O) groups is 1. The largest absolute Gasteiger partial charge is 0.493 e. The van der Waals surface area contributed by atoms with E-state index in [1.807, 2.05) is 51.1 Å². The molecule has 7 nitrogen and oxygen atoms in total. The Kier molecular flexibility index (Phi) is 7.58. The first-order chi connectivity index (χ1) is 15.2. The van der Waals surface area contributed by atoms with Crippen LogP contribution in [0.3, 0.4) is 0 Å². The predicted octanol–water partition coefficient (Wildman–Crippen LogP) is 5.47. The van der Waals surface area contributed by atoms with Crippen molar-refractivity contribution in [2.24, 2.45) is 5.10 Å². The van der Waals surface area contributed by atoms with Crippen molar-refractivity contribution in [2.45, 2.75) is 32.8 Å². The molecular weight excluding hydrogens is 496 g/mol. The summed E-state index contributed by atoms with van der Waals surface area (Å²) in [4.78, 5) is 12.3. The van der Waals surface area contributed by atoms with E-state index in [1.54, 1.807) is 19.2 Å². The van der Waals surface area contributed by atoms with Gasteiger partial charge in [0.05, 0.1) is 17.8 Å². The highest BCUT2D eigenvalue weighted by molar-refractivity contribution is 9.10. The maximum Gasteiger partial charge on any atom is 0.291 e. The molecule has 3 rings (SSSR count). The second-order valence-corrected chi connectivity index (χ2v) is 9.29. The Balaban J connectivity index is 1.68. The van der Waals surface area contributed by atoms with Gasteiger partial charge in [0.1, 0.15) is 6.61 Å². The van der Waals surface area contributed by atoms with Crippen molar-refractivity contribution in [3.05, 3.63) is 74.5 Å². The van der Waals surface area contributed by atoms with Gasteiger partial charge in [-0.2, -0.15) is 10.2 Å². The molecule has 32 heavy (non-hydrogen) atoms. The number of hydrogen-bond donors (Lipinski definition) is 2. The molecule has 1 amide bonds. The van der Waals surface area contributed by atoms with Gasteiger partial charge in [-0.15, -0.1) is 0 Å². The maximum absolute atomic E-state index is 12.3. The van der Waals surface area contributed by atoms with Crippen LogP contribution in [0.25, 0.3) is 0 Å². The molecule has 0 aliphatic carbocycles. The molecule has 2 N–H and O–H groups in total. The third-order valence-electron chi connectivity index (χ3n) is 4.58. The standard InChI is InChI=1S/C23H24BrClN4O3/c1-23(2,3)20-11-18(27-28-20)22(30)29-26-12-14-9-16(24)21(19(10-14)31-4)32-13-15-7-5-6-8-17(15)25/h5-12H,13H2,1-4H3,(H,27,28)(H,29,30)/b26-12-. The lowest BCUT2D eigenvalue weighted by Crippen LogP contribution is -2.18. The highest BCUT2D eigenvalue weighted by Gasteiger charge is 2.19. The summed E-state index contributed by atoms with van der Waals surface area (Å²) >= 11 is 9.71. The van der Waals surface area contributed by atoms with Crippen molar-refractivity contribution in [1.29, 1.82) is 0 Å². The first-order valence-electron chi connectivity index (χ1n) is 9.82. The van der Waals surface area contributed by atoms with Crippen LogP contribution in [0.15, 0.2) is 52.0 Å². The van der Waals surface area contributed by atoms with Gasteiger partial charge in [0.15, 0.2) is 17.2 Å². The number of hydrogen-bond acceptors (Lipinski definition) is 5. The molecule has 0 saturated carbocycles. The molecule has 0 atom stereocenters. The summed E-state index contributed by atoms with van der Waals surface area (Å²) in [5, 5.41) is 11.6. The number of benzene rings is 2. The van der Waals surface area contributed by atoms with Crippen molar-refractivity contribution < 1.29 is 14.3 Å². The van der Waals surface area contributed by atoms with E-state index >= 15 is 0 Å². The molecule has 168 valence electrons. The van der Waals surface area contributed by atoms with Gasteiger partial charge in [-0.25, -0.2) is 5.43 Å². The first-order valence-corrected chi connectivity index (χ1v) is 11.0. The molecule has 0 fully saturated rings. The fraction of sp³-hybridized carbons (Fsp3) is 0.261. The molecule has 0 saturated heterocycles. The molecular formula is C23H24BrClN4O3. The van der Waals surface area contributed by atoms with Gasteiger partial charge in [-0.05, 0) is 45.8 Å². The predicted molar refractivity (Wildman–Crippen MR) is 129 cm³/mol. The monoisotopic (exact) mass is 518 g/mol. The van der Waals surface area contributed by atoms with Crippen LogP contribution in [0.1, 0.15) is 48.1 Å². The third kappa shape index (κ3) is 5.89. The van der Waals surface area contributed by atoms with Crippen LogP contribution in [0.2, 0.25) is 5.02 Å². The summed E-state index contributed by atoms with van der Waals surface area (Å²) in [6, 6.07) is 12.8. The van der Waals surface area contributed by atoms with Gasteiger partial charge in [0.2, 0.25) is 0 Å². The van der Waals surface area contributed by atoms with Gasteiger partial charge in [-0.1, -0.05) is 50.6 Å². The Labute approximate surface area is 200 Å². The normalized spacial score (nSPS) is 11.6. The number of nitrogens with one attached hydrogen (secondary N) is 2. The highest BCUT2D eigenvalue weighted by atomic mass is 79.9. The zero-order valence-electron chi connectivity index (χ0n) is 18.2. The zero-order chi connectivity index (χ0) is 23.3. The quantitative estimate of drug-likeness (QED) is 0.320. The van der Waals surface area contributed by atoms with Crippen molar-refractivity contribution in [3.63, 3.8) is 0 Å². The molecule has 1 heterocycles.